The number of halogens is 3. The molecular formula is C27H20BrClFN3O6S. The van der Waals surface area contributed by atoms with E-state index in [2.05, 4.69) is 26.6 Å². The van der Waals surface area contributed by atoms with Gasteiger partial charge in [0, 0.05) is 10.2 Å². The number of thioether (sulfide) groups is 1. The summed E-state index contributed by atoms with van der Waals surface area (Å²) in [4.78, 5) is 51.1. The number of carbonyl (C=O) groups excluding carboxylic acids is 4. The van der Waals surface area contributed by atoms with Gasteiger partial charge in [0.1, 0.15) is 12.4 Å². The summed E-state index contributed by atoms with van der Waals surface area (Å²) in [5.41, 5.74) is 1.27. The van der Waals surface area contributed by atoms with Crippen LogP contribution in [0.1, 0.15) is 5.56 Å². The van der Waals surface area contributed by atoms with Crippen molar-refractivity contribution in [3.63, 3.8) is 0 Å². The Morgan fingerprint density at radius 1 is 1.05 bits per heavy atom. The van der Waals surface area contributed by atoms with Gasteiger partial charge in [0.2, 0.25) is 5.91 Å². The highest BCUT2D eigenvalue weighted by molar-refractivity contribution is 9.10. The van der Waals surface area contributed by atoms with Gasteiger partial charge in [-0.3, -0.25) is 24.1 Å². The van der Waals surface area contributed by atoms with Crippen molar-refractivity contribution >= 4 is 79.7 Å². The van der Waals surface area contributed by atoms with E-state index < -0.39 is 35.3 Å². The second kappa shape index (κ2) is 13.0. The fourth-order valence-corrected chi connectivity index (χ4v) is 4.93. The molecule has 0 bridgehead atoms. The number of anilines is 2. The van der Waals surface area contributed by atoms with Crippen LogP contribution in [0.2, 0.25) is 5.02 Å². The maximum atomic E-state index is 13.1. The lowest BCUT2D eigenvalue weighted by Gasteiger charge is -2.14. The maximum absolute atomic E-state index is 13.1. The first kappa shape index (κ1) is 29.1. The third kappa shape index (κ3) is 7.20. The predicted octanol–water partition coefficient (Wildman–Crippen LogP) is 5.94. The summed E-state index contributed by atoms with van der Waals surface area (Å²) in [6.45, 7) is -0.834. The molecule has 2 N–H and O–H groups in total. The molecule has 3 aromatic carbocycles. The van der Waals surface area contributed by atoms with Crippen LogP contribution in [0.5, 0.6) is 11.5 Å². The normalized spacial score (nSPS) is 13.9. The van der Waals surface area contributed by atoms with Crippen LogP contribution < -0.4 is 20.1 Å². The van der Waals surface area contributed by atoms with Crippen molar-refractivity contribution in [3.05, 3.63) is 86.4 Å². The molecule has 40 heavy (non-hydrogen) atoms. The number of nitrogens with one attached hydrogen (secondary N) is 2. The van der Waals surface area contributed by atoms with Crippen molar-refractivity contribution in [2.75, 3.05) is 30.9 Å². The summed E-state index contributed by atoms with van der Waals surface area (Å²) in [5.74, 6) is -1.60. The predicted molar refractivity (Wildman–Crippen MR) is 154 cm³/mol. The van der Waals surface area contributed by atoms with E-state index in [1.54, 1.807) is 36.4 Å². The molecule has 1 fully saturated rings. The van der Waals surface area contributed by atoms with Crippen LogP contribution in [0.15, 0.2) is 70.0 Å². The van der Waals surface area contributed by atoms with E-state index in [0.717, 1.165) is 4.90 Å². The minimum atomic E-state index is -0.632. The van der Waals surface area contributed by atoms with E-state index in [4.69, 9.17) is 21.1 Å². The van der Waals surface area contributed by atoms with Gasteiger partial charge in [-0.15, -0.1) is 0 Å². The molecule has 0 atom stereocenters. The Labute approximate surface area is 245 Å². The molecule has 4 amide bonds. The third-order valence-electron chi connectivity index (χ3n) is 5.38. The summed E-state index contributed by atoms with van der Waals surface area (Å²) < 4.78 is 24.5. The van der Waals surface area contributed by atoms with Crippen molar-refractivity contribution < 1.29 is 33.0 Å². The average Bonchev–Trinajstić information content (AvgIpc) is 3.18. The van der Waals surface area contributed by atoms with Gasteiger partial charge >= 0.3 is 0 Å². The quantitative estimate of drug-likeness (QED) is 0.276. The molecule has 0 aliphatic carbocycles. The molecule has 0 aromatic heterocycles. The van der Waals surface area contributed by atoms with Gasteiger partial charge in [0.25, 0.3) is 17.1 Å². The van der Waals surface area contributed by atoms with Crippen LogP contribution in [0.25, 0.3) is 6.08 Å². The van der Waals surface area contributed by atoms with Gasteiger partial charge in [-0.2, -0.15) is 0 Å². The number of hydrogen-bond donors (Lipinski definition) is 2. The fraction of sp³-hybridized carbons (Fsp3) is 0.111. The second-order valence-corrected chi connectivity index (χ2v) is 10.4. The van der Waals surface area contributed by atoms with Crippen LogP contribution in [-0.4, -0.2) is 48.1 Å². The van der Waals surface area contributed by atoms with Crippen LogP contribution in [0, 0.1) is 5.82 Å². The highest BCUT2D eigenvalue weighted by Gasteiger charge is 2.36. The Hall–Kier alpha value is -3.87. The number of amides is 4. The SMILES string of the molecule is COc1cc(/C=C2/SC(=O)N(CC(=O)Nc3ccccc3Cl)C2=O)c(Br)cc1OCC(=O)Nc1ccc(F)cc1. The molecule has 0 spiro atoms. The molecule has 0 saturated carbocycles. The van der Waals surface area contributed by atoms with Crippen LogP contribution >= 0.6 is 39.3 Å². The first-order valence-electron chi connectivity index (χ1n) is 11.5. The van der Waals surface area contributed by atoms with Crippen LogP contribution in [-0.2, 0) is 14.4 Å². The van der Waals surface area contributed by atoms with E-state index in [-0.39, 0.29) is 23.0 Å². The monoisotopic (exact) mass is 647 g/mol. The third-order valence-corrected chi connectivity index (χ3v) is 7.30. The van der Waals surface area contributed by atoms with E-state index >= 15 is 0 Å². The smallest absolute Gasteiger partial charge is 0.294 e. The molecular weight excluding hydrogens is 629 g/mol. The Balaban J connectivity index is 1.42. The molecule has 206 valence electrons. The van der Waals surface area contributed by atoms with E-state index in [9.17, 15) is 23.6 Å². The molecule has 1 heterocycles. The first-order chi connectivity index (χ1) is 19.1. The average molecular weight is 649 g/mol. The van der Waals surface area contributed by atoms with Gasteiger partial charge in [-0.25, -0.2) is 4.39 Å². The highest BCUT2D eigenvalue weighted by atomic mass is 79.9. The first-order valence-corrected chi connectivity index (χ1v) is 13.5. The maximum Gasteiger partial charge on any atom is 0.294 e. The molecule has 3 aromatic rings. The van der Waals surface area contributed by atoms with E-state index in [1.807, 2.05) is 0 Å². The Morgan fingerprint density at radius 2 is 1.77 bits per heavy atom. The number of hydrogen-bond acceptors (Lipinski definition) is 7. The number of carbonyl (C=O) groups is 4. The van der Waals surface area contributed by atoms with Crippen molar-refractivity contribution in [1.29, 1.82) is 0 Å². The Bertz CT molecular complexity index is 1520. The number of methoxy groups -OCH3 is 1. The minimum Gasteiger partial charge on any atom is -0.493 e. The highest BCUT2D eigenvalue weighted by Crippen LogP contribution is 2.38. The molecule has 0 unspecified atom stereocenters. The van der Waals surface area contributed by atoms with Crippen molar-refractivity contribution in [1.82, 2.24) is 4.90 Å². The van der Waals surface area contributed by atoms with Crippen molar-refractivity contribution in [2.45, 2.75) is 0 Å². The number of imide groups is 1. The topological polar surface area (TPSA) is 114 Å². The fourth-order valence-electron chi connectivity index (χ4n) is 3.48. The molecule has 1 aliphatic rings. The summed E-state index contributed by atoms with van der Waals surface area (Å²) in [6, 6.07) is 15.0. The van der Waals surface area contributed by atoms with E-state index in [0.29, 0.717) is 38.2 Å². The summed E-state index contributed by atoms with van der Waals surface area (Å²) in [7, 11) is 1.41. The van der Waals surface area contributed by atoms with Gasteiger partial charge in [-0.05, 0) is 71.9 Å². The number of benzene rings is 3. The van der Waals surface area contributed by atoms with Crippen LogP contribution in [0.3, 0.4) is 0 Å². The van der Waals surface area contributed by atoms with Gasteiger partial charge < -0.3 is 20.1 Å². The number of ether oxygens (including phenoxy) is 2. The van der Waals surface area contributed by atoms with Gasteiger partial charge in [0.15, 0.2) is 18.1 Å². The summed E-state index contributed by atoms with van der Waals surface area (Å²) in [6.07, 6.45) is 1.48. The zero-order valence-corrected chi connectivity index (χ0v) is 23.9. The van der Waals surface area contributed by atoms with Gasteiger partial charge in [0.05, 0.1) is 22.7 Å². The molecule has 1 saturated heterocycles. The number of rotatable bonds is 9. The molecule has 4 rings (SSSR count). The second-order valence-electron chi connectivity index (χ2n) is 8.16. The zero-order chi connectivity index (χ0) is 28.8. The lowest BCUT2D eigenvalue weighted by Crippen LogP contribution is -2.36. The standard InChI is InChI=1S/C27H20BrClFN3O6S/c1-38-21-10-15(18(28)12-22(21)39-14-25(35)31-17-8-6-16(30)7-9-17)11-23-26(36)33(27(37)40-23)13-24(34)32-20-5-3-2-4-19(20)29/h2-12H,13-14H2,1H3,(H,31,35)(H,32,34)/b23-11+. The Morgan fingerprint density at radius 3 is 2.48 bits per heavy atom. The largest absolute Gasteiger partial charge is 0.493 e. The Kier molecular flexibility index (Phi) is 9.46. The summed E-state index contributed by atoms with van der Waals surface area (Å²) >= 11 is 10.2. The zero-order valence-electron chi connectivity index (χ0n) is 20.7. The molecule has 0 radical (unpaired) electrons. The van der Waals surface area contributed by atoms with Crippen LogP contribution in [0.4, 0.5) is 20.6 Å². The van der Waals surface area contributed by atoms with E-state index in [1.165, 1.54) is 37.5 Å². The van der Waals surface area contributed by atoms with Crippen molar-refractivity contribution in [3.8, 4) is 11.5 Å². The lowest BCUT2D eigenvalue weighted by molar-refractivity contribution is -0.127. The van der Waals surface area contributed by atoms with Crippen molar-refractivity contribution in [2.24, 2.45) is 0 Å². The summed E-state index contributed by atoms with van der Waals surface area (Å²) in [5, 5.41) is 4.90. The molecule has 1 aliphatic heterocycles. The van der Waals surface area contributed by atoms with Gasteiger partial charge in [-0.1, -0.05) is 39.7 Å². The number of para-hydroxylation sites is 1. The lowest BCUT2D eigenvalue weighted by atomic mass is 10.2. The molecule has 13 heteroatoms. The number of nitrogens with zero attached hydrogens (tertiary/aromatic N) is 1. The minimum absolute atomic E-state index is 0.102. The molecule has 9 nitrogen and oxygen atoms in total.